The van der Waals surface area contributed by atoms with Gasteiger partial charge in [-0.25, -0.2) is 0 Å². The van der Waals surface area contributed by atoms with Crippen molar-refractivity contribution in [1.29, 1.82) is 0 Å². The van der Waals surface area contributed by atoms with Crippen LogP contribution in [-0.4, -0.2) is 30.4 Å². The number of benzene rings is 1. The van der Waals surface area contributed by atoms with Gasteiger partial charge in [0, 0.05) is 4.88 Å². The van der Waals surface area contributed by atoms with E-state index in [1.807, 2.05) is 6.07 Å². The van der Waals surface area contributed by atoms with Crippen molar-refractivity contribution in [3.8, 4) is 0 Å². The number of piperidine rings is 1. The van der Waals surface area contributed by atoms with Gasteiger partial charge in [0.15, 0.2) is 0 Å². The van der Waals surface area contributed by atoms with Gasteiger partial charge in [-0.05, 0) is 62.2 Å². The normalized spacial score (nSPS) is 17.5. The number of hydrogen-bond donors (Lipinski definition) is 1. The van der Waals surface area contributed by atoms with Gasteiger partial charge in [0.05, 0.1) is 12.6 Å². The zero-order valence-corrected chi connectivity index (χ0v) is 15.1. The maximum absolute atomic E-state index is 12.2. The monoisotopic (exact) mass is 342 g/mol. The summed E-state index contributed by atoms with van der Waals surface area (Å²) < 4.78 is 0. The molecule has 0 unspecified atom stereocenters. The fourth-order valence-corrected chi connectivity index (χ4v) is 4.13. The van der Waals surface area contributed by atoms with Crippen molar-refractivity contribution in [2.45, 2.75) is 32.2 Å². The molecule has 1 N–H and O–H groups in total. The number of nitrogens with zero attached hydrogens (tertiary/aromatic N) is 1. The number of carbonyl (C=O) groups is 1. The minimum atomic E-state index is 0.105. The average molecular weight is 343 g/mol. The second kappa shape index (κ2) is 8.45. The van der Waals surface area contributed by atoms with Crippen molar-refractivity contribution >= 4 is 17.2 Å². The summed E-state index contributed by atoms with van der Waals surface area (Å²) in [7, 11) is 0. The van der Waals surface area contributed by atoms with Gasteiger partial charge in [-0.1, -0.05) is 36.4 Å². The molecule has 1 aromatic carbocycles. The van der Waals surface area contributed by atoms with E-state index in [9.17, 15) is 4.79 Å². The molecule has 3 nitrogen and oxygen atoms in total. The van der Waals surface area contributed by atoms with Crippen LogP contribution in [0, 0.1) is 5.92 Å². The van der Waals surface area contributed by atoms with Crippen LogP contribution < -0.4 is 5.32 Å². The number of likely N-dealkylation sites (tertiary alicyclic amines) is 1. The molecule has 0 radical (unpaired) electrons. The van der Waals surface area contributed by atoms with Crippen molar-refractivity contribution < 1.29 is 4.79 Å². The summed E-state index contributed by atoms with van der Waals surface area (Å²) in [4.78, 5) is 15.7. The van der Waals surface area contributed by atoms with Crippen LogP contribution in [0.2, 0.25) is 0 Å². The summed E-state index contributed by atoms with van der Waals surface area (Å²) in [6.45, 7) is 4.63. The van der Waals surface area contributed by atoms with Crippen LogP contribution in [0.1, 0.15) is 36.2 Å². The van der Waals surface area contributed by atoms with E-state index in [1.54, 1.807) is 11.3 Å². The molecule has 2 heterocycles. The number of nitrogens with one attached hydrogen (secondary N) is 1. The fraction of sp³-hybridized carbons (Fsp3) is 0.450. The Morgan fingerprint density at radius 1 is 1.21 bits per heavy atom. The molecule has 3 rings (SSSR count). The third-order valence-corrected chi connectivity index (χ3v) is 5.84. The lowest BCUT2D eigenvalue weighted by Gasteiger charge is -2.31. The fourth-order valence-electron chi connectivity index (χ4n) is 3.40. The van der Waals surface area contributed by atoms with Gasteiger partial charge < -0.3 is 5.32 Å². The lowest BCUT2D eigenvalue weighted by molar-refractivity contribution is -0.123. The van der Waals surface area contributed by atoms with Crippen molar-refractivity contribution in [2.24, 2.45) is 5.92 Å². The predicted octanol–water partition coefficient (Wildman–Crippen LogP) is 3.88. The van der Waals surface area contributed by atoms with E-state index in [4.69, 9.17) is 0 Å². The zero-order chi connectivity index (χ0) is 16.8. The Morgan fingerprint density at radius 2 is 1.96 bits per heavy atom. The van der Waals surface area contributed by atoms with Crippen molar-refractivity contribution in [3.05, 3.63) is 58.3 Å². The average Bonchev–Trinajstić information content (AvgIpc) is 3.12. The molecule has 4 heteroatoms. The van der Waals surface area contributed by atoms with Gasteiger partial charge in [-0.2, -0.15) is 0 Å². The molecular formula is C20H26N2OS. The summed E-state index contributed by atoms with van der Waals surface area (Å²) in [6, 6.07) is 14.9. The van der Waals surface area contributed by atoms with Gasteiger partial charge in [0.25, 0.3) is 0 Å². The topological polar surface area (TPSA) is 32.3 Å². The molecule has 128 valence electrons. The van der Waals surface area contributed by atoms with Crippen LogP contribution in [0.3, 0.4) is 0 Å². The SMILES string of the molecule is C[C@@H](NC(=O)CN1CCC(Cc2ccccc2)CC1)c1cccs1. The zero-order valence-electron chi connectivity index (χ0n) is 14.3. The highest BCUT2D eigenvalue weighted by Crippen LogP contribution is 2.22. The second-order valence-electron chi connectivity index (χ2n) is 6.71. The van der Waals surface area contributed by atoms with Crippen molar-refractivity contribution in [3.63, 3.8) is 0 Å². The lowest BCUT2D eigenvalue weighted by atomic mass is 9.90. The Labute approximate surface area is 148 Å². The van der Waals surface area contributed by atoms with Gasteiger partial charge in [0.2, 0.25) is 5.91 Å². The third kappa shape index (κ3) is 4.92. The number of amides is 1. The quantitative estimate of drug-likeness (QED) is 0.864. The Balaban J connectivity index is 1.39. The molecule has 0 aliphatic carbocycles. The first-order valence-corrected chi connectivity index (χ1v) is 9.67. The molecule has 0 saturated carbocycles. The molecule has 1 aliphatic rings. The van der Waals surface area contributed by atoms with E-state index in [1.165, 1.54) is 23.3 Å². The smallest absolute Gasteiger partial charge is 0.234 e. The molecular weight excluding hydrogens is 316 g/mol. The molecule has 0 bridgehead atoms. The molecule has 0 spiro atoms. The molecule has 1 aliphatic heterocycles. The van der Waals surface area contributed by atoms with E-state index in [-0.39, 0.29) is 11.9 Å². The Morgan fingerprint density at radius 3 is 2.62 bits per heavy atom. The number of hydrogen-bond acceptors (Lipinski definition) is 3. The first kappa shape index (κ1) is 17.2. The van der Waals surface area contributed by atoms with E-state index in [2.05, 4.69) is 58.9 Å². The summed E-state index contributed by atoms with van der Waals surface area (Å²) in [5, 5.41) is 5.16. The third-order valence-electron chi connectivity index (χ3n) is 4.79. The van der Waals surface area contributed by atoms with Gasteiger partial charge >= 0.3 is 0 Å². The Hall–Kier alpha value is -1.65. The van der Waals surface area contributed by atoms with Gasteiger partial charge in [-0.15, -0.1) is 11.3 Å². The largest absolute Gasteiger partial charge is 0.348 e. The molecule has 1 aromatic heterocycles. The van der Waals surface area contributed by atoms with Gasteiger partial charge in [-0.3, -0.25) is 9.69 Å². The first-order valence-electron chi connectivity index (χ1n) is 8.80. The lowest BCUT2D eigenvalue weighted by Crippen LogP contribution is -2.42. The maximum atomic E-state index is 12.2. The molecule has 1 fully saturated rings. The summed E-state index contributed by atoms with van der Waals surface area (Å²) in [5.74, 6) is 0.883. The molecule has 1 atom stereocenters. The number of rotatable bonds is 6. The van der Waals surface area contributed by atoms with Crippen LogP contribution in [-0.2, 0) is 11.2 Å². The molecule has 2 aromatic rings. The minimum Gasteiger partial charge on any atom is -0.348 e. The van der Waals surface area contributed by atoms with Gasteiger partial charge in [0.1, 0.15) is 0 Å². The molecule has 1 saturated heterocycles. The summed E-state index contributed by atoms with van der Waals surface area (Å²) in [5.41, 5.74) is 1.43. The predicted molar refractivity (Wildman–Crippen MR) is 100 cm³/mol. The van der Waals surface area contributed by atoms with Crippen molar-refractivity contribution in [1.82, 2.24) is 10.2 Å². The highest BCUT2D eigenvalue weighted by atomic mass is 32.1. The van der Waals surface area contributed by atoms with E-state index in [0.29, 0.717) is 6.54 Å². The van der Waals surface area contributed by atoms with Crippen LogP contribution in [0.15, 0.2) is 47.8 Å². The highest BCUT2D eigenvalue weighted by molar-refractivity contribution is 7.10. The number of thiophene rings is 1. The second-order valence-corrected chi connectivity index (χ2v) is 7.69. The Bertz CT molecular complexity index is 618. The Kier molecular flexibility index (Phi) is 6.05. The molecule has 1 amide bonds. The maximum Gasteiger partial charge on any atom is 0.234 e. The van der Waals surface area contributed by atoms with Crippen LogP contribution >= 0.6 is 11.3 Å². The summed E-state index contributed by atoms with van der Waals surface area (Å²) >= 11 is 1.69. The number of carbonyl (C=O) groups excluding carboxylic acids is 1. The van der Waals surface area contributed by atoms with Crippen LogP contribution in [0.25, 0.3) is 0 Å². The highest BCUT2D eigenvalue weighted by Gasteiger charge is 2.21. The molecule has 24 heavy (non-hydrogen) atoms. The van der Waals surface area contributed by atoms with Crippen LogP contribution in [0.4, 0.5) is 0 Å². The van der Waals surface area contributed by atoms with E-state index < -0.39 is 0 Å². The van der Waals surface area contributed by atoms with Crippen LogP contribution in [0.5, 0.6) is 0 Å². The first-order chi connectivity index (χ1) is 11.7. The minimum absolute atomic E-state index is 0.105. The standard InChI is InChI=1S/C20H26N2OS/c1-16(19-8-5-13-24-19)21-20(23)15-22-11-9-18(10-12-22)14-17-6-3-2-4-7-17/h2-8,13,16,18H,9-12,14-15H2,1H3,(H,21,23)/t16-/m1/s1. The summed E-state index contributed by atoms with van der Waals surface area (Å²) in [6.07, 6.45) is 3.53. The van der Waals surface area contributed by atoms with Crippen molar-refractivity contribution in [2.75, 3.05) is 19.6 Å². The van der Waals surface area contributed by atoms with E-state index >= 15 is 0 Å². The van der Waals surface area contributed by atoms with E-state index in [0.717, 1.165) is 25.4 Å².